The number of carbonyl (C=O) groups excluding carboxylic acids is 1. The highest BCUT2D eigenvalue weighted by Crippen LogP contribution is 2.28. The van der Waals surface area contributed by atoms with Crippen molar-refractivity contribution in [2.75, 3.05) is 0 Å². The van der Waals surface area contributed by atoms with Gasteiger partial charge in [-0.3, -0.25) is 4.79 Å². The lowest BCUT2D eigenvalue weighted by Gasteiger charge is -2.10. The summed E-state index contributed by atoms with van der Waals surface area (Å²) in [5.41, 5.74) is 5.67. The van der Waals surface area contributed by atoms with Crippen LogP contribution < -0.4 is 4.74 Å². The molecule has 0 saturated carbocycles. The van der Waals surface area contributed by atoms with Crippen molar-refractivity contribution in [1.82, 2.24) is 14.8 Å². The first-order valence-electron chi connectivity index (χ1n) is 8.21. The van der Waals surface area contributed by atoms with Crippen LogP contribution in [0.15, 0.2) is 54.2 Å². The summed E-state index contributed by atoms with van der Waals surface area (Å²) >= 11 is 1.57. The van der Waals surface area contributed by atoms with Crippen LogP contribution in [0.1, 0.15) is 27.0 Å². The molecule has 26 heavy (non-hydrogen) atoms. The number of aromatic nitrogens is 3. The summed E-state index contributed by atoms with van der Waals surface area (Å²) in [7, 11) is 1.77. The lowest BCUT2D eigenvalue weighted by molar-refractivity contribution is 0.103. The van der Waals surface area contributed by atoms with Gasteiger partial charge in [0.05, 0.1) is 21.9 Å². The molecule has 0 unspecified atom stereocenters. The largest absolute Gasteiger partial charge is 0.472 e. The molecule has 4 aromatic rings. The maximum Gasteiger partial charge on any atom is 0.223 e. The van der Waals surface area contributed by atoms with Gasteiger partial charge in [0.1, 0.15) is 12.2 Å². The summed E-state index contributed by atoms with van der Waals surface area (Å²) in [5.74, 6) is 0.366. The molecule has 0 bridgehead atoms. The first-order chi connectivity index (χ1) is 12.6. The molecular weight excluding hydrogens is 346 g/mol. The van der Waals surface area contributed by atoms with Gasteiger partial charge in [-0.05, 0) is 30.2 Å². The lowest BCUT2D eigenvalue weighted by Crippen LogP contribution is -2.08. The van der Waals surface area contributed by atoms with Crippen molar-refractivity contribution < 1.29 is 9.53 Å². The van der Waals surface area contributed by atoms with E-state index < -0.39 is 0 Å². The fourth-order valence-corrected chi connectivity index (χ4v) is 3.67. The van der Waals surface area contributed by atoms with E-state index in [1.165, 1.54) is 0 Å². The summed E-state index contributed by atoms with van der Waals surface area (Å²) in [6, 6.07) is 13.6. The summed E-state index contributed by atoms with van der Waals surface area (Å²) in [6.07, 6.45) is 1.56. The second kappa shape index (κ2) is 6.72. The third kappa shape index (κ3) is 2.88. The Bertz CT molecular complexity index is 1080. The molecule has 0 fully saturated rings. The molecule has 5 nitrogen and oxygen atoms in total. The third-order valence-electron chi connectivity index (χ3n) is 4.35. The highest BCUT2D eigenvalue weighted by Gasteiger charge is 2.22. The molecule has 0 aliphatic carbocycles. The smallest absolute Gasteiger partial charge is 0.223 e. The Morgan fingerprint density at radius 3 is 2.77 bits per heavy atom. The van der Waals surface area contributed by atoms with Gasteiger partial charge >= 0.3 is 0 Å². The van der Waals surface area contributed by atoms with E-state index in [2.05, 4.69) is 10.1 Å². The monoisotopic (exact) mass is 363 g/mol. The molecule has 4 rings (SSSR count). The van der Waals surface area contributed by atoms with E-state index in [0.717, 1.165) is 21.3 Å². The van der Waals surface area contributed by atoms with Gasteiger partial charge in [-0.2, -0.15) is 5.10 Å². The summed E-state index contributed by atoms with van der Waals surface area (Å²) in [5, 5.41) is 4.21. The topological polar surface area (TPSA) is 57.0 Å². The Morgan fingerprint density at radius 1 is 1.15 bits per heavy atom. The standard InChI is InChI=1S/C20H17N3O2S/c1-13-15(8-9-17-18(13)21-12-26-17)19(24)16-10-22-23(2)20(16)25-11-14-6-4-3-5-7-14/h3-10,12H,11H2,1-2H3. The minimum Gasteiger partial charge on any atom is -0.472 e. The van der Waals surface area contributed by atoms with E-state index in [4.69, 9.17) is 4.74 Å². The molecule has 0 N–H and O–H groups in total. The molecule has 0 saturated heterocycles. The van der Waals surface area contributed by atoms with Crippen molar-refractivity contribution in [2.24, 2.45) is 7.05 Å². The van der Waals surface area contributed by atoms with Crippen LogP contribution in [0.25, 0.3) is 10.2 Å². The maximum absolute atomic E-state index is 13.1. The molecule has 2 aromatic carbocycles. The SMILES string of the molecule is Cc1c(C(=O)c2cnn(C)c2OCc2ccccc2)ccc2scnc12. The average Bonchev–Trinajstić information content (AvgIpc) is 3.28. The first kappa shape index (κ1) is 16.5. The van der Waals surface area contributed by atoms with Crippen molar-refractivity contribution in [3.8, 4) is 5.88 Å². The van der Waals surface area contributed by atoms with Gasteiger partial charge in [0.15, 0.2) is 5.78 Å². The van der Waals surface area contributed by atoms with Crippen molar-refractivity contribution in [1.29, 1.82) is 0 Å². The van der Waals surface area contributed by atoms with Crippen LogP contribution >= 0.6 is 11.3 Å². The average molecular weight is 363 g/mol. The molecule has 0 atom stereocenters. The van der Waals surface area contributed by atoms with Crippen LogP contribution in [0.4, 0.5) is 0 Å². The molecule has 0 aliphatic heterocycles. The van der Waals surface area contributed by atoms with Gasteiger partial charge in [0.2, 0.25) is 5.88 Å². The maximum atomic E-state index is 13.1. The number of rotatable bonds is 5. The number of fused-ring (bicyclic) bond motifs is 1. The van der Waals surface area contributed by atoms with Crippen LogP contribution in [-0.4, -0.2) is 20.5 Å². The van der Waals surface area contributed by atoms with Crippen molar-refractivity contribution >= 4 is 27.3 Å². The number of carbonyl (C=O) groups is 1. The first-order valence-corrected chi connectivity index (χ1v) is 9.09. The van der Waals surface area contributed by atoms with E-state index in [9.17, 15) is 4.79 Å². The number of hydrogen-bond donors (Lipinski definition) is 0. The predicted octanol–water partition coefficient (Wildman–Crippen LogP) is 4.15. The van der Waals surface area contributed by atoms with Crippen molar-refractivity contribution in [2.45, 2.75) is 13.5 Å². The molecule has 2 aromatic heterocycles. The highest BCUT2D eigenvalue weighted by molar-refractivity contribution is 7.16. The van der Waals surface area contributed by atoms with Crippen LogP contribution in [0, 0.1) is 6.92 Å². The van der Waals surface area contributed by atoms with Crippen LogP contribution in [0.2, 0.25) is 0 Å². The number of benzene rings is 2. The molecular formula is C20H17N3O2S. The number of ketones is 1. The van der Waals surface area contributed by atoms with Crippen LogP contribution in [0.5, 0.6) is 5.88 Å². The Kier molecular flexibility index (Phi) is 4.26. The van der Waals surface area contributed by atoms with Crippen molar-refractivity contribution in [3.05, 3.63) is 76.4 Å². The minimum atomic E-state index is -0.103. The zero-order valence-corrected chi connectivity index (χ0v) is 15.3. The van der Waals surface area contributed by atoms with Gasteiger partial charge in [-0.1, -0.05) is 30.3 Å². The lowest BCUT2D eigenvalue weighted by atomic mass is 10.00. The quantitative estimate of drug-likeness (QED) is 0.500. The summed E-state index contributed by atoms with van der Waals surface area (Å²) in [6.45, 7) is 2.31. The van der Waals surface area contributed by atoms with E-state index >= 15 is 0 Å². The minimum absolute atomic E-state index is 0.103. The van der Waals surface area contributed by atoms with Gasteiger partial charge < -0.3 is 4.74 Å². The normalized spacial score (nSPS) is 11.0. The number of hydrogen-bond acceptors (Lipinski definition) is 5. The molecule has 0 amide bonds. The highest BCUT2D eigenvalue weighted by atomic mass is 32.1. The van der Waals surface area contributed by atoms with Crippen molar-refractivity contribution in [3.63, 3.8) is 0 Å². The van der Waals surface area contributed by atoms with E-state index in [1.54, 1.807) is 34.8 Å². The fourth-order valence-electron chi connectivity index (χ4n) is 2.94. The molecule has 130 valence electrons. The predicted molar refractivity (Wildman–Crippen MR) is 102 cm³/mol. The third-order valence-corrected chi connectivity index (χ3v) is 5.14. The van der Waals surface area contributed by atoms with Crippen LogP contribution in [-0.2, 0) is 13.7 Å². The Hall–Kier alpha value is -2.99. The van der Waals surface area contributed by atoms with E-state index in [1.807, 2.05) is 49.4 Å². The number of aryl methyl sites for hydroxylation is 2. The zero-order chi connectivity index (χ0) is 18.1. The van der Waals surface area contributed by atoms with Gasteiger partial charge in [-0.25, -0.2) is 9.67 Å². The van der Waals surface area contributed by atoms with Crippen LogP contribution in [0.3, 0.4) is 0 Å². The zero-order valence-electron chi connectivity index (χ0n) is 14.5. The van der Waals surface area contributed by atoms with Gasteiger partial charge in [0, 0.05) is 12.6 Å². The second-order valence-electron chi connectivity index (χ2n) is 6.03. The second-order valence-corrected chi connectivity index (χ2v) is 6.91. The summed E-state index contributed by atoms with van der Waals surface area (Å²) < 4.78 is 8.58. The van der Waals surface area contributed by atoms with E-state index in [0.29, 0.717) is 23.6 Å². The molecule has 2 heterocycles. The summed E-state index contributed by atoms with van der Waals surface area (Å²) in [4.78, 5) is 17.5. The Balaban J connectivity index is 1.67. The Labute approximate surface area is 154 Å². The van der Waals surface area contributed by atoms with Gasteiger partial charge in [-0.15, -0.1) is 11.3 Å². The molecule has 0 aliphatic rings. The van der Waals surface area contributed by atoms with E-state index in [-0.39, 0.29) is 5.78 Å². The number of thiazole rings is 1. The molecule has 0 radical (unpaired) electrons. The molecule has 6 heteroatoms. The fraction of sp³-hybridized carbons (Fsp3) is 0.150. The number of ether oxygens (including phenoxy) is 1. The molecule has 0 spiro atoms. The Morgan fingerprint density at radius 2 is 1.96 bits per heavy atom. The van der Waals surface area contributed by atoms with Gasteiger partial charge in [0.25, 0.3) is 0 Å². The number of nitrogens with zero attached hydrogens (tertiary/aromatic N) is 3.